The molecule has 24 heavy (non-hydrogen) atoms. The van der Waals surface area contributed by atoms with Crippen LogP contribution in [0.25, 0.3) is 0 Å². The number of hydrogen-bond donors (Lipinski definition) is 1. The molecule has 1 aromatic carbocycles. The van der Waals surface area contributed by atoms with Crippen molar-refractivity contribution in [2.45, 2.75) is 25.8 Å². The number of nitrogens with zero attached hydrogens (tertiary/aromatic N) is 3. The van der Waals surface area contributed by atoms with E-state index in [2.05, 4.69) is 65.1 Å². The molecule has 0 fully saturated rings. The van der Waals surface area contributed by atoms with Crippen LogP contribution in [0.5, 0.6) is 0 Å². The number of anilines is 1. The Morgan fingerprint density at radius 2 is 1.75 bits per heavy atom. The number of thiophene rings is 1. The van der Waals surface area contributed by atoms with Gasteiger partial charge in [0, 0.05) is 4.88 Å². The smallest absolute Gasteiger partial charge is 0.163 e. The lowest BCUT2D eigenvalue weighted by Crippen LogP contribution is -2.12. The molecule has 120 valence electrons. The molecular formula is C19H18N4S. The van der Waals surface area contributed by atoms with Crippen molar-refractivity contribution in [2.24, 2.45) is 0 Å². The molecule has 1 N–H and O–H groups in total. The summed E-state index contributed by atoms with van der Waals surface area (Å²) in [4.78, 5) is 1.21. The molecular weight excluding hydrogens is 316 g/mol. The van der Waals surface area contributed by atoms with Gasteiger partial charge in [0.2, 0.25) is 0 Å². The molecule has 0 saturated carbocycles. The van der Waals surface area contributed by atoms with E-state index in [1.165, 1.54) is 16.0 Å². The highest BCUT2D eigenvalue weighted by molar-refractivity contribution is 7.10. The fourth-order valence-electron chi connectivity index (χ4n) is 2.46. The third-order valence-electron chi connectivity index (χ3n) is 3.84. The second-order valence-electron chi connectivity index (χ2n) is 5.83. The van der Waals surface area contributed by atoms with Gasteiger partial charge in [-0.2, -0.15) is 5.26 Å². The fraction of sp³-hybridized carbons (Fsp3) is 0.211. The molecule has 0 aliphatic heterocycles. The maximum absolute atomic E-state index is 8.84. The quantitative estimate of drug-likeness (QED) is 0.732. The summed E-state index contributed by atoms with van der Waals surface area (Å²) in [7, 11) is 0. The number of rotatable bonds is 5. The summed E-state index contributed by atoms with van der Waals surface area (Å²) < 4.78 is 0. The lowest BCUT2D eigenvalue weighted by atomic mass is 9.98. The van der Waals surface area contributed by atoms with Crippen molar-refractivity contribution in [1.82, 2.24) is 10.2 Å². The molecule has 2 heterocycles. The molecule has 0 aliphatic rings. The van der Waals surface area contributed by atoms with Crippen molar-refractivity contribution >= 4 is 17.2 Å². The first-order chi connectivity index (χ1) is 11.7. The van der Waals surface area contributed by atoms with Gasteiger partial charge in [-0.1, -0.05) is 44.2 Å². The van der Waals surface area contributed by atoms with Crippen molar-refractivity contribution in [2.75, 3.05) is 5.32 Å². The standard InChI is InChI=1S/C19H18N4S/c1-13(2)14-5-7-15(8-6-14)19(17-4-3-11-24-17)21-18-10-9-16(12-20)22-23-18/h3-11,13,19H,1-2H3,(H,21,23). The lowest BCUT2D eigenvalue weighted by Gasteiger charge is -2.19. The van der Waals surface area contributed by atoms with Crippen LogP contribution in [0, 0.1) is 11.3 Å². The Bertz CT molecular complexity index is 815. The van der Waals surface area contributed by atoms with Gasteiger partial charge in [-0.3, -0.25) is 0 Å². The average Bonchev–Trinajstić information content (AvgIpc) is 3.14. The first-order valence-corrected chi connectivity index (χ1v) is 8.69. The molecule has 3 rings (SSSR count). The Balaban J connectivity index is 1.90. The highest BCUT2D eigenvalue weighted by Gasteiger charge is 2.16. The molecule has 0 radical (unpaired) electrons. The Morgan fingerprint density at radius 3 is 2.29 bits per heavy atom. The van der Waals surface area contributed by atoms with E-state index < -0.39 is 0 Å². The van der Waals surface area contributed by atoms with Crippen LogP contribution in [0.15, 0.2) is 53.9 Å². The Labute approximate surface area is 145 Å². The van der Waals surface area contributed by atoms with Crippen molar-refractivity contribution in [3.05, 3.63) is 75.6 Å². The molecule has 3 aromatic rings. The Kier molecular flexibility index (Phi) is 4.88. The Morgan fingerprint density at radius 1 is 1.00 bits per heavy atom. The summed E-state index contributed by atoms with van der Waals surface area (Å²) >= 11 is 1.70. The van der Waals surface area contributed by atoms with E-state index >= 15 is 0 Å². The van der Waals surface area contributed by atoms with Crippen LogP contribution in [0.1, 0.15) is 47.5 Å². The molecule has 0 aliphatic carbocycles. The topological polar surface area (TPSA) is 61.6 Å². The zero-order valence-electron chi connectivity index (χ0n) is 13.6. The third kappa shape index (κ3) is 3.61. The van der Waals surface area contributed by atoms with Crippen molar-refractivity contribution in [3.8, 4) is 6.07 Å². The second-order valence-corrected chi connectivity index (χ2v) is 6.81. The van der Waals surface area contributed by atoms with Crippen molar-refractivity contribution in [3.63, 3.8) is 0 Å². The molecule has 1 atom stereocenters. The first kappa shape index (κ1) is 16.2. The Hall–Kier alpha value is -2.71. The fourth-order valence-corrected chi connectivity index (χ4v) is 3.27. The van der Waals surface area contributed by atoms with E-state index in [1.54, 1.807) is 23.5 Å². The van der Waals surface area contributed by atoms with Gasteiger partial charge in [-0.05, 0) is 40.6 Å². The molecule has 0 spiro atoms. The summed E-state index contributed by atoms with van der Waals surface area (Å²) in [6, 6.07) is 18.3. The third-order valence-corrected chi connectivity index (χ3v) is 4.77. The normalized spacial score (nSPS) is 11.9. The SMILES string of the molecule is CC(C)c1ccc(C(Nc2ccc(C#N)nn2)c2cccs2)cc1. The van der Waals surface area contributed by atoms with E-state index in [0.717, 1.165) is 0 Å². The monoisotopic (exact) mass is 334 g/mol. The largest absolute Gasteiger partial charge is 0.357 e. The highest BCUT2D eigenvalue weighted by atomic mass is 32.1. The van der Waals surface area contributed by atoms with E-state index in [-0.39, 0.29) is 6.04 Å². The van der Waals surface area contributed by atoms with Gasteiger partial charge in [0.1, 0.15) is 11.9 Å². The van der Waals surface area contributed by atoms with Crippen LogP contribution in [0.2, 0.25) is 0 Å². The molecule has 5 heteroatoms. The van der Waals surface area contributed by atoms with Gasteiger partial charge in [0.05, 0.1) is 6.04 Å². The molecule has 0 saturated heterocycles. The zero-order chi connectivity index (χ0) is 16.9. The maximum atomic E-state index is 8.84. The number of nitriles is 1. The van der Waals surface area contributed by atoms with E-state index in [0.29, 0.717) is 17.4 Å². The molecule has 0 bridgehead atoms. The van der Waals surface area contributed by atoms with Crippen molar-refractivity contribution in [1.29, 1.82) is 5.26 Å². The molecule has 4 nitrogen and oxygen atoms in total. The van der Waals surface area contributed by atoms with Gasteiger partial charge in [-0.15, -0.1) is 21.5 Å². The van der Waals surface area contributed by atoms with Crippen LogP contribution in [0.4, 0.5) is 5.82 Å². The van der Waals surface area contributed by atoms with E-state index in [4.69, 9.17) is 5.26 Å². The van der Waals surface area contributed by atoms with Gasteiger partial charge in [0.25, 0.3) is 0 Å². The van der Waals surface area contributed by atoms with Crippen LogP contribution in [0.3, 0.4) is 0 Å². The lowest BCUT2D eigenvalue weighted by molar-refractivity contribution is 0.860. The predicted molar refractivity (Wildman–Crippen MR) is 97.1 cm³/mol. The number of nitrogens with one attached hydrogen (secondary N) is 1. The van der Waals surface area contributed by atoms with Crippen LogP contribution >= 0.6 is 11.3 Å². The summed E-state index contributed by atoms with van der Waals surface area (Å²) in [6.45, 7) is 4.38. The van der Waals surface area contributed by atoms with Gasteiger partial charge < -0.3 is 5.32 Å². The average molecular weight is 334 g/mol. The number of hydrogen-bond acceptors (Lipinski definition) is 5. The second kappa shape index (κ2) is 7.24. The summed E-state index contributed by atoms with van der Waals surface area (Å²) in [5.41, 5.74) is 2.81. The van der Waals surface area contributed by atoms with Crippen molar-refractivity contribution < 1.29 is 0 Å². The molecule has 1 unspecified atom stereocenters. The minimum atomic E-state index is 0.00782. The highest BCUT2D eigenvalue weighted by Crippen LogP contribution is 2.30. The van der Waals surface area contributed by atoms with Gasteiger partial charge in [-0.25, -0.2) is 0 Å². The zero-order valence-corrected chi connectivity index (χ0v) is 14.4. The summed E-state index contributed by atoms with van der Waals surface area (Å²) in [5.74, 6) is 1.16. The van der Waals surface area contributed by atoms with Gasteiger partial charge in [0.15, 0.2) is 5.69 Å². The maximum Gasteiger partial charge on any atom is 0.163 e. The molecule has 0 amide bonds. The van der Waals surface area contributed by atoms with E-state index in [1.807, 2.05) is 12.1 Å². The number of benzene rings is 1. The predicted octanol–water partition coefficient (Wildman–Crippen LogP) is 4.73. The first-order valence-electron chi connectivity index (χ1n) is 7.81. The van der Waals surface area contributed by atoms with Crippen LogP contribution in [-0.2, 0) is 0 Å². The van der Waals surface area contributed by atoms with Crippen LogP contribution < -0.4 is 5.32 Å². The van der Waals surface area contributed by atoms with Crippen LogP contribution in [-0.4, -0.2) is 10.2 Å². The summed E-state index contributed by atoms with van der Waals surface area (Å²) in [6.07, 6.45) is 0. The molecule has 2 aromatic heterocycles. The summed E-state index contributed by atoms with van der Waals surface area (Å²) in [5, 5.41) is 22.3. The number of aromatic nitrogens is 2. The minimum absolute atomic E-state index is 0.00782. The van der Waals surface area contributed by atoms with Gasteiger partial charge >= 0.3 is 0 Å². The minimum Gasteiger partial charge on any atom is -0.357 e. The van der Waals surface area contributed by atoms with E-state index in [9.17, 15) is 0 Å².